The maximum atomic E-state index is 6.00. The van der Waals surface area contributed by atoms with Gasteiger partial charge in [-0.2, -0.15) is 29.3 Å². The third kappa shape index (κ3) is 7.03. The Labute approximate surface area is 346 Å². The fourth-order valence-electron chi connectivity index (χ4n) is 9.42. The Hall–Kier alpha value is -2.28. The van der Waals surface area contributed by atoms with E-state index in [9.17, 15) is 0 Å². The van der Waals surface area contributed by atoms with Crippen LogP contribution in [-0.2, 0) is 30.7 Å². The van der Waals surface area contributed by atoms with Crippen LogP contribution in [0, 0.1) is 40.4 Å². The smallest absolute Gasteiger partial charge is 0.172 e. The molecule has 2 unspecified atom stereocenters. The van der Waals surface area contributed by atoms with Gasteiger partial charge in [0, 0.05) is 0 Å². The number of halogens is 3. The molecule has 4 aliphatic carbocycles. The molecular formula is C48H53Cl3Zr-2. The van der Waals surface area contributed by atoms with Gasteiger partial charge in [-0.1, -0.05) is 113 Å². The predicted octanol–water partition coefficient (Wildman–Crippen LogP) is 7.14. The molecule has 0 bridgehead atoms. The molecule has 52 heavy (non-hydrogen) atoms. The van der Waals surface area contributed by atoms with Crippen LogP contribution in [-0.4, -0.2) is 3.21 Å². The monoisotopic (exact) mass is 824 g/mol. The summed E-state index contributed by atoms with van der Waals surface area (Å²) in [5.74, 6) is 2.24. The van der Waals surface area contributed by atoms with Crippen molar-refractivity contribution in [1.82, 2.24) is 0 Å². The van der Waals surface area contributed by atoms with Crippen LogP contribution < -0.4 is 24.8 Å². The summed E-state index contributed by atoms with van der Waals surface area (Å²) >= 11 is 7.40. The van der Waals surface area contributed by atoms with Gasteiger partial charge in [0.05, 0.1) is 0 Å². The zero-order valence-corrected chi connectivity index (χ0v) is 37.0. The minimum atomic E-state index is 0. The average molecular weight is 828 g/mol. The number of fused-ring (bicyclic) bond motifs is 6. The topological polar surface area (TPSA) is 0 Å². The molecule has 8 rings (SSSR count). The first-order chi connectivity index (χ1) is 23.6. The normalized spacial score (nSPS) is 22.5. The summed E-state index contributed by atoms with van der Waals surface area (Å²) < 4.78 is 1.34. The number of allylic oxidation sites excluding steroid dienone is 6. The van der Waals surface area contributed by atoms with Gasteiger partial charge >= 0.3 is 116 Å². The predicted molar refractivity (Wildman–Crippen MR) is 212 cm³/mol. The number of aryl methyl sites for hydroxylation is 1. The zero-order chi connectivity index (χ0) is 36.1. The van der Waals surface area contributed by atoms with Crippen molar-refractivity contribution < 1.29 is 49.0 Å². The molecule has 2 atom stereocenters. The maximum absolute atomic E-state index is 6.00. The van der Waals surface area contributed by atoms with Crippen LogP contribution >= 0.6 is 11.6 Å². The average Bonchev–Trinajstić information content (AvgIpc) is 3.80. The standard InChI is InChI=1S/C29H37.C14H11Cl.C5H5.2ClH.Zr/c1-18-25-22-17-19-13-9-10-14-20(19)24(22)21-15-11-12-16-23(21)29(25,8)28(6,7)27(4,5)26(18,2)3;1-11-5-7-12(8-6-11)9-13-3-2-4-14(15)10-13;1-2-4-5-3-1;;;/h9-11,13-15,23H,12,16-17H2,1-8H3;2-8,10H,1H3;1-5H;2*1H;/q-1;;-1;;;+2/p-2. The summed E-state index contributed by atoms with van der Waals surface area (Å²) in [6.07, 6.45) is 8.50. The minimum Gasteiger partial charge on any atom is -1.00 e. The van der Waals surface area contributed by atoms with E-state index in [0.29, 0.717) is 5.92 Å². The van der Waals surface area contributed by atoms with Gasteiger partial charge in [-0.05, 0) is 40.6 Å². The third-order valence-electron chi connectivity index (χ3n) is 13.8. The molecule has 0 nitrogen and oxygen atoms in total. The van der Waals surface area contributed by atoms with E-state index >= 15 is 0 Å². The van der Waals surface area contributed by atoms with E-state index < -0.39 is 0 Å². The SMILES string of the molecule is C[C-]1C2=C3Cc4ccccc4C3=C3C=CCCC3C2(C)C(C)(C)C(C)(C)C1(C)C.Cc1ccc([C](=[Zr+2])c2cccc(Cl)c2)cc1.[Cl-].[Cl-].c1cc[cH-]c1. The molecule has 0 aromatic heterocycles. The second kappa shape index (κ2) is 16.2. The Morgan fingerprint density at radius 3 is 2.08 bits per heavy atom. The summed E-state index contributed by atoms with van der Waals surface area (Å²) in [6, 6.07) is 35.8. The molecule has 0 N–H and O–H groups in total. The molecule has 0 spiro atoms. The molecule has 4 aliphatic rings. The minimum absolute atomic E-state index is 0. The molecule has 4 heteroatoms. The van der Waals surface area contributed by atoms with Crippen molar-refractivity contribution in [1.29, 1.82) is 0 Å². The molecular weight excluding hydrogens is 774 g/mol. The van der Waals surface area contributed by atoms with E-state index in [-0.39, 0.29) is 46.5 Å². The first kappa shape index (κ1) is 42.5. The molecule has 0 amide bonds. The van der Waals surface area contributed by atoms with E-state index in [1.807, 2.05) is 48.5 Å². The van der Waals surface area contributed by atoms with E-state index in [4.69, 9.17) is 11.6 Å². The Kier molecular flexibility index (Phi) is 13.2. The third-order valence-corrected chi connectivity index (χ3v) is 15.5. The van der Waals surface area contributed by atoms with Crippen LogP contribution in [0.3, 0.4) is 0 Å². The van der Waals surface area contributed by atoms with Gasteiger partial charge in [-0.3, -0.25) is 0 Å². The van der Waals surface area contributed by atoms with Gasteiger partial charge in [0.2, 0.25) is 0 Å². The van der Waals surface area contributed by atoms with Crippen LogP contribution in [0.5, 0.6) is 0 Å². The van der Waals surface area contributed by atoms with Gasteiger partial charge in [0.25, 0.3) is 0 Å². The van der Waals surface area contributed by atoms with Crippen molar-refractivity contribution in [3.63, 3.8) is 0 Å². The summed E-state index contributed by atoms with van der Waals surface area (Å²) in [5, 5.41) is 0.796. The molecule has 0 radical (unpaired) electrons. The van der Waals surface area contributed by atoms with Crippen LogP contribution in [0.15, 0.2) is 132 Å². The number of benzene rings is 3. The number of rotatable bonds is 2. The Morgan fingerprint density at radius 1 is 0.808 bits per heavy atom. The van der Waals surface area contributed by atoms with Gasteiger partial charge in [-0.25, -0.2) is 18.1 Å². The molecule has 272 valence electrons. The molecule has 1 saturated carbocycles. The molecule has 0 saturated heterocycles. The summed E-state index contributed by atoms with van der Waals surface area (Å²) in [5.41, 5.74) is 14.1. The van der Waals surface area contributed by atoms with Crippen LogP contribution in [0.2, 0.25) is 5.02 Å². The second-order valence-corrected chi connectivity index (χ2v) is 18.1. The van der Waals surface area contributed by atoms with E-state index in [0.717, 1.165) is 11.4 Å². The summed E-state index contributed by atoms with van der Waals surface area (Å²) in [6.45, 7) is 22.4. The molecule has 4 aromatic rings. The van der Waals surface area contributed by atoms with E-state index in [1.165, 1.54) is 68.1 Å². The van der Waals surface area contributed by atoms with Crippen molar-refractivity contribution in [3.05, 3.63) is 171 Å². The first-order valence-electron chi connectivity index (χ1n) is 18.3. The zero-order valence-electron chi connectivity index (χ0n) is 32.3. The van der Waals surface area contributed by atoms with Gasteiger partial charge in [-0.15, -0.1) is 6.92 Å². The van der Waals surface area contributed by atoms with Crippen LogP contribution in [0.1, 0.15) is 96.0 Å². The maximum Gasteiger partial charge on any atom is -0.172 e. The van der Waals surface area contributed by atoms with Crippen molar-refractivity contribution in [2.24, 2.45) is 27.6 Å². The van der Waals surface area contributed by atoms with Crippen molar-refractivity contribution >= 4 is 20.4 Å². The fourth-order valence-corrected chi connectivity index (χ4v) is 10.4. The van der Waals surface area contributed by atoms with E-state index in [1.54, 1.807) is 28.2 Å². The number of hydrogen-bond acceptors (Lipinski definition) is 0. The first-order valence-corrected chi connectivity index (χ1v) is 19.9. The van der Waals surface area contributed by atoms with E-state index in [2.05, 4.69) is 129 Å². The Balaban J connectivity index is 0.000000221. The quantitative estimate of drug-likeness (QED) is 0.189. The van der Waals surface area contributed by atoms with Gasteiger partial charge in [0.1, 0.15) is 0 Å². The molecule has 0 aliphatic heterocycles. The molecule has 0 heterocycles. The molecule has 4 aromatic carbocycles. The van der Waals surface area contributed by atoms with Gasteiger partial charge < -0.3 is 24.8 Å². The van der Waals surface area contributed by atoms with Crippen molar-refractivity contribution in [2.45, 2.75) is 81.6 Å². The van der Waals surface area contributed by atoms with Gasteiger partial charge in [0.15, 0.2) is 0 Å². The van der Waals surface area contributed by atoms with Crippen LogP contribution in [0.4, 0.5) is 0 Å². The number of hydrogen-bond donors (Lipinski definition) is 0. The Bertz CT molecular complexity index is 1950. The Morgan fingerprint density at radius 2 is 1.46 bits per heavy atom. The van der Waals surface area contributed by atoms with Crippen molar-refractivity contribution in [3.8, 4) is 0 Å². The fraction of sp³-hybridized carbons (Fsp3) is 0.354. The molecule has 1 fully saturated rings. The van der Waals surface area contributed by atoms with Crippen molar-refractivity contribution in [2.75, 3.05) is 0 Å². The second-order valence-electron chi connectivity index (χ2n) is 16.5. The summed E-state index contributed by atoms with van der Waals surface area (Å²) in [7, 11) is 0. The van der Waals surface area contributed by atoms with Crippen LogP contribution in [0.25, 0.3) is 5.57 Å². The largest absolute Gasteiger partial charge is 1.00 e. The summed E-state index contributed by atoms with van der Waals surface area (Å²) in [4.78, 5) is 0.